The smallest absolute Gasteiger partial charge is 0.167 e. The fourth-order valence-corrected chi connectivity index (χ4v) is 0.624. The van der Waals surface area contributed by atoms with E-state index in [0.29, 0.717) is 0 Å². The topological polar surface area (TPSA) is 35.2 Å². The van der Waals surface area contributed by atoms with Gasteiger partial charge in [0, 0.05) is 17.8 Å². The van der Waals surface area contributed by atoms with Gasteiger partial charge in [-0.15, -0.1) is 0 Å². The fourth-order valence-electron chi connectivity index (χ4n) is 0.624. The Morgan fingerprint density at radius 3 is 2.90 bits per heavy atom. The zero-order valence-corrected chi connectivity index (χ0v) is 5.52. The largest absolute Gasteiger partial charge is 0.494 e. The SMILES string of the molecule is COc1c[c]c(N)cc1F. The lowest BCUT2D eigenvalue weighted by atomic mass is 10.3. The molecule has 1 aromatic rings. The van der Waals surface area contributed by atoms with Crippen molar-refractivity contribution >= 4 is 5.69 Å². The van der Waals surface area contributed by atoms with Crippen LogP contribution in [0.15, 0.2) is 12.1 Å². The normalized spacial score (nSPS) is 9.40. The molecule has 3 heteroatoms. The molecule has 0 fully saturated rings. The van der Waals surface area contributed by atoms with E-state index in [4.69, 9.17) is 5.73 Å². The fraction of sp³-hybridized carbons (Fsp3) is 0.143. The van der Waals surface area contributed by atoms with Gasteiger partial charge < -0.3 is 10.5 Å². The van der Waals surface area contributed by atoms with Gasteiger partial charge >= 0.3 is 0 Å². The second kappa shape index (κ2) is 2.56. The van der Waals surface area contributed by atoms with Crippen molar-refractivity contribution in [1.82, 2.24) is 0 Å². The van der Waals surface area contributed by atoms with Crippen molar-refractivity contribution in [2.24, 2.45) is 0 Å². The summed E-state index contributed by atoms with van der Waals surface area (Å²) >= 11 is 0. The van der Waals surface area contributed by atoms with E-state index in [0.717, 1.165) is 0 Å². The predicted octanol–water partition coefficient (Wildman–Crippen LogP) is 1.22. The van der Waals surface area contributed by atoms with Crippen LogP contribution in [0.5, 0.6) is 5.75 Å². The van der Waals surface area contributed by atoms with Crippen molar-refractivity contribution in [2.75, 3.05) is 12.8 Å². The lowest BCUT2D eigenvalue weighted by Crippen LogP contribution is -1.90. The number of rotatable bonds is 1. The molecule has 0 spiro atoms. The monoisotopic (exact) mass is 140 g/mol. The summed E-state index contributed by atoms with van der Waals surface area (Å²) in [6, 6.07) is 5.14. The summed E-state index contributed by atoms with van der Waals surface area (Å²) in [4.78, 5) is 0. The average Bonchev–Trinajstić information content (AvgIpc) is 1.88. The molecule has 0 atom stereocenters. The Morgan fingerprint density at radius 2 is 2.40 bits per heavy atom. The third-order valence-electron chi connectivity index (χ3n) is 1.11. The second-order valence-electron chi connectivity index (χ2n) is 1.80. The Balaban J connectivity index is 3.07. The Labute approximate surface area is 58.4 Å². The predicted molar refractivity (Wildman–Crippen MR) is 36.2 cm³/mol. The van der Waals surface area contributed by atoms with Crippen molar-refractivity contribution in [1.29, 1.82) is 0 Å². The van der Waals surface area contributed by atoms with Gasteiger partial charge in [-0.2, -0.15) is 0 Å². The van der Waals surface area contributed by atoms with E-state index < -0.39 is 5.82 Å². The third kappa shape index (κ3) is 1.18. The van der Waals surface area contributed by atoms with Gasteiger partial charge in [0.2, 0.25) is 0 Å². The number of nitrogens with two attached hydrogens (primary N) is 1. The lowest BCUT2D eigenvalue weighted by molar-refractivity contribution is 0.386. The first-order chi connectivity index (χ1) is 4.74. The van der Waals surface area contributed by atoms with Crippen LogP contribution in [0.25, 0.3) is 0 Å². The molecule has 1 aromatic carbocycles. The van der Waals surface area contributed by atoms with Gasteiger partial charge in [-0.3, -0.25) is 0 Å². The van der Waals surface area contributed by atoms with Crippen LogP contribution in [0.1, 0.15) is 0 Å². The number of anilines is 1. The molecule has 0 saturated carbocycles. The van der Waals surface area contributed by atoms with Crippen molar-refractivity contribution < 1.29 is 9.13 Å². The molecule has 0 amide bonds. The number of hydrogen-bond acceptors (Lipinski definition) is 2. The van der Waals surface area contributed by atoms with E-state index in [-0.39, 0.29) is 11.4 Å². The summed E-state index contributed by atoms with van der Waals surface area (Å²) in [6.07, 6.45) is 0. The van der Waals surface area contributed by atoms with Crippen LogP contribution in [-0.4, -0.2) is 7.11 Å². The van der Waals surface area contributed by atoms with Crippen LogP contribution in [0.2, 0.25) is 0 Å². The van der Waals surface area contributed by atoms with Crippen molar-refractivity contribution in [2.45, 2.75) is 0 Å². The second-order valence-corrected chi connectivity index (χ2v) is 1.80. The molecule has 1 radical (unpaired) electrons. The maximum atomic E-state index is 12.6. The zero-order valence-electron chi connectivity index (χ0n) is 5.52. The Kier molecular flexibility index (Phi) is 1.76. The number of nitrogen functional groups attached to an aromatic ring is 1. The Bertz CT molecular complexity index is 237. The van der Waals surface area contributed by atoms with Gasteiger partial charge in [-0.25, -0.2) is 4.39 Å². The van der Waals surface area contributed by atoms with Crippen LogP contribution < -0.4 is 10.5 Å². The van der Waals surface area contributed by atoms with Crippen LogP contribution in [-0.2, 0) is 0 Å². The minimum Gasteiger partial charge on any atom is -0.494 e. The molecule has 0 aliphatic rings. The highest BCUT2D eigenvalue weighted by molar-refractivity contribution is 5.41. The number of benzene rings is 1. The molecule has 0 aromatic heterocycles. The van der Waals surface area contributed by atoms with Crippen molar-refractivity contribution in [3.63, 3.8) is 0 Å². The summed E-state index contributed by atoms with van der Waals surface area (Å²) in [6.45, 7) is 0. The summed E-state index contributed by atoms with van der Waals surface area (Å²) in [7, 11) is 1.39. The highest BCUT2D eigenvalue weighted by atomic mass is 19.1. The molecule has 0 bridgehead atoms. The first-order valence-corrected chi connectivity index (χ1v) is 2.74. The van der Waals surface area contributed by atoms with E-state index in [1.165, 1.54) is 19.2 Å². The molecular weight excluding hydrogens is 133 g/mol. The Morgan fingerprint density at radius 1 is 1.70 bits per heavy atom. The van der Waals surface area contributed by atoms with Gasteiger partial charge in [-0.05, 0) is 6.07 Å². The number of halogens is 1. The first-order valence-electron chi connectivity index (χ1n) is 2.74. The summed E-state index contributed by atoms with van der Waals surface area (Å²) in [5.41, 5.74) is 5.51. The number of ether oxygens (including phenoxy) is 1. The molecule has 0 aliphatic carbocycles. The van der Waals surface area contributed by atoms with Crippen LogP contribution in [0.3, 0.4) is 0 Å². The summed E-state index contributed by atoms with van der Waals surface area (Å²) in [5.74, 6) is -0.298. The Hall–Kier alpha value is -1.25. The van der Waals surface area contributed by atoms with Crippen molar-refractivity contribution in [3.05, 3.63) is 24.0 Å². The molecule has 10 heavy (non-hydrogen) atoms. The van der Waals surface area contributed by atoms with Crippen LogP contribution in [0, 0.1) is 11.9 Å². The van der Waals surface area contributed by atoms with Gasteiger partial charge in [0.1, 0.15) is 0 Å². The molecule has 0 aliphatic heterocycles. The maximum Gasteiger partial charge on any atom is 0.167 e. The molecule has 2 nitrogen and oxygen atoms in total. The quantitative estimate of drug-likeness (QED) is 0.595. The molecule has 0 heterocycles. The van der Waals surface area contributed by atoms with E-state index in [1.54, 1.807) is 0 Å². The highest BCUT2D eigenvalue weighted by Gasteiger charge is 1.99. The van der Waals surface area contributed by atoms with E-state index in [1.807, 2.05) is 0 Å². The van der Waals surface area contributed by atoms with E-state index in [2.05, 4.69) is 10.8 Å². The summed E-state index contributed by atoms with van der Waals surface area (Å²) < 4.78 is 17.3. The number of hydrogen-bond donors (Lipinski definition) is 1. The van der Waals surface area contributed by atoms with Crippen molar-refractivity contribution in [3.8, 4) is 5.75 Å². The molecule has 0 saturated heterocycles. The molecule has 2 N–H and O–H groups in total. The third-order valence-corrected chi connectivity index (χ3v) is 1.11. The average molecular weight is 140 g/mol. The van der Waals surface area contributed by atoms with Gasteiger partial charge in [-0.1, -0.05) is 0 Å². The number of methoxy groups -OCH3 is 1. The summed E-state index contributed by atoms with van der Waals surface area (Å²) in [5, 5.41) is 0. The van der Waals surface area contributed by atoms with Crippen LogP contribution >= 0.6 is 0 Å². The van der Waals surface area contributed by atoms with Crippen LogP contribution in [0.4, 0.5) is 10.1 Å². The van der Waals surface area contributed by atoms with Gasteiger partial charge in [0.15, 0.2) is 11.6 Å². The maximum absolute atomic E-state index is 12.6. The zero-order chi connectivity index (χ0) is 7.56. The first kappa shape index (κ1) is 6.86. The molecule has 1 rings (SSSR count). The highest BCUT2D eigenvalue weighted by Crippen LogP contribution is 2.17. The van der Waals surface area contributed by atoms with E-state index in [9.17, 15) is 4.39 Å². The molecular formula is C7H7FNO. The standard InChI is InChI=1S/C7H7FNO/c1-10-7-3-2-5(9)4-6(7)8/h3-4H,9H2,1H3. The molecule has 0 unspecified atom stereocenters. The minimum atomic E-state index is -0.459. The molecule has 53 valence electrons. The lowest BCUT2D eigenvalue weighted by Gasteiger charge is -1.99. The minimum absolute atomic E-state index is 0.161. The van der Waals surface area contributed by atoms with Gasteiger partial charge in [0.25, 0.3) is 0 Å². The van der Waals surface area contributed by atoms with Gasteiger partial charge in [0.05, 0.1) is 7.11 Å². The van der Waals surface area contributed by atoms with E-state index >= 15 is 0 Å².